The molecule has 0 radical (unpaired) electrons. The van der Waals surface area contributed by atoms with Gasteiger partial charge in [-0.3, -0.25) is 4.90 Å². The lowest BCUT2D eigenvalue weighted by Crippen LogP contribution is -2.23. The Labute approximate surface area is 71.2 Å². The molecule has 4 heteroatoms. The average Bonchev–Trinajstić information content (AvgIpc) is 2.54. The molecule has 0 atom stereocenters. The highest BCUT2D eigenvalue weighted by Crippen LogP contribution is 2.11. The van der Waals surface area contributed by atoms with Crippen LogP contribution in [0.25, 0.3) is 0 Å². The topological polar surface area (TPSA) is 32.3 Å². The molecule has 1 aromatic rings. The molecule has 0 bridgehead atoms. The van der Waals surface area contributed by atoms with E-state index in [-0.39, 0.29) is 0 Å². The minimum atomic E-state index is 0.748. The highest BCUT2D eigenvalue weighted by molar-refractivity contribution is 5.35. The molecule has 0 saturated carbocycles. The van der Waals surface area contributed by atoms with Crippen LogP contribution in [0.1, 0.15) is 0 Å². The Morgan fingerprint density at radius 1 is 1.25 bits per heavy atom. The molecule has 0 aromatic carbocycles. The van der Waals surface area contributed by atoms with E-state index < -0.39 is 0 Å². The van der Waals surface area contributed by atoms with E-state index in [1.54, 1.807) is 12.4 Å². The van der Waals surface area contributed by atoms with Crippen molar-refractivity contribution in [2.24, 2.45) is 0 Å². The number of aromatic nitrogens is 2. The molecule has 0 fully saturated rings. The molecule has 1 aliphatic rings. The number of rotatable bonds is 1. The van der Waals surface area contributed by atoms with E-state index in [1.807, 2.05) is 30.4 Å². The van der Waals surface area contributed by atoms with Crippen molar-refractivity contribution in [2.45, 2.75) is 0 Å². The smallest absolute Gasteiger partial charge is 0.230 e. The van der Waals surface area contributed by atoms with Crippen molar-refractivity contribution >= 4 is 5.95 Å². The first-order valence-corrected chi connectivity index (χ1v) is 3.78. The number of hydrogen-bond donors (Lipinski definition) is 0. The van der Waals surface area contributed by atoms with E-state index in [9.17, 15) is 0 Å². The average molecular weight is 162 g/mol. The van der Waals surface area contributed by atoms with Gasteiger partial charge >= 0.3 is 0 Å². The maximum atomic E-state index is 4.13. The Bertz CT molecular complexity index is 282. The third kappa shape index (κ3) is 1.23. The molecule has 62 valence electrons. The number of anilines is 1. The Morgan fingerprint density at radius 3 is 2.58 bits per heavy atom. The second kappa shape index (κ2) is 2.81. The first kappa shape index (κ1) is 7.09. The molecule has 1 aliphatic heterocycles. The molecule has 4 nitrogen and oxygen atoms in total. The lowest BCUT2D eigenvalue weighted by Gasteiger charge is -2.15. The molecule has 0 aliphatic carbocycles. The maximum Gasteiger partial charge on any atom is 0.230 e. The predicted molar refractivity (Wildman–Crippen MR) is 46.3 cm³/mol. The van der Waals surface area contributed by atoms with Gasteiger partial charge in [-0.15, -0.1) is 0 Å². The van der Waals surface area contributed by atoms with Gasteiger partial charge < -0.3 is 4.90 Å². The summed E-state index contributed by atoms with van der Waals surface area (Å²) in [6.45, 7) is 0.823. The summed E-state index contributed by atoms with van der Waals surface area (Å²) in [4.78, 5) is 12.3. The van der Waals surface area contributed by atoms with Gasteiger partial charge in [0.15, 0.2) is 0 Å². The fourth-order valence-corrected chi connectivity index (χ4v) is 1.10. The standard InChI is InChI=1S/C8H10N4/c1-11-5-6-12(7-11)8-9-3-2-4-10-8/h2-6H,7H2,1H3. The first-order valence-electron chi connectivity index (χ1n) is 3.78. The fraction of sp³-hybridized carbons (Fsp3) is 0.250. The zero-order chi connectivity index (χ0) is 8.39. The molecule has 1 aromatic heterocycles. The van der Waals surface area contributed by atoms with Crippen molar-refractivity contribution in [1.29, 1.82) is 0 Å². The summed E-state index contributed by atoms with van der Waals surface area (Å²) < 4.78 is 0. The van der Waals surface area contributed by atoms with Crippen molar-refractivity contribution in [3.05, 3.63) is 30.9 Å². The molecule has 0 saturated heterocycles. The van der Waals surface area contributed by atoms with Gasteiger partial charge in [-0.2, -0.15) is 0 Å². The van der Waals surface area contributed by atoms with Crippen molar-refractivity contribution in [1.82, 2.24) is 14.9 Å². The van der Waals surface area contributed by atoms with Gasteiger partial charge in [0, 0.05) is 31.8 Å². The van der Waals surface area contributed by atoms with Crippen LogP contribution in [-0.2, 0) is 0 Å². The van der Waals surface area contributed by atoms with Gasteiger partial charge in [0.05, 0.1) is 6.67 Å². The molecule has 2 heterocycles. The van der Waals surface area contributed by atoms with Crippen molar-refractivity contribution < 1.29 is 0 Å². The lowest BCUT2D eigenvalue weighted by molar-refractivity contribution is 0.493. The highest BCUT2D eigenvalue weighted by atomic mass is 15.4. The van der Waals surface area contributed by atoms with Crippen LogP contribution in [0.3, 0.4) is 0 Å². The fourth-order valence-electron chi connectivity index (χ4n) is 1.10. The van der Waals surface area contributed by atoms with E-state index in [2.05, 4.69) is 14.9 Å². The number of nitrogens with zero attached hydrogens (tertiary/aromatic N) is 4. The summed E-state index contributed by atoms with van der Waals surface area (Å²) in [6.07, 6.45) is 7.45. The van der Waals surface area contributed by atoms with Crippen molar-refractivity contribution in [2.75, 3.05) is 18.6 Å². The van der Waals surface area contributed by atoms with Crippen LogP contribution in [0.15, 0.2) is 30.9 Å². The van der Waals surface area contributed by atoms with Gasteiger partial charge in [0.25, 0.3) is 0 Å². The normalized spacial score (nSPS) is 15.8. The minimum absolute atomic E-state index is 0.748. The highest BCUT2D eigenvalue weighted by Gasteiger charge is 2.11. The van der Waals surface area contributed by atoms with Crippen LogP contribution in [0, 0.1) is 0 Å². The molecule has 0 unspecified atom stereocenters. The van der Waals surface area contributed by atoms with E-state index in [0.717, 1.165) is 12.6 Å². The monoisotopic (exact) mass is 162 g/mol. The van der Waals surface area contributed by atoms with Crippen LogP contribution < -0.4 is 4.90 Å². The molecule has 0 spiro atoms. The zero-order valence-corrected chi connectivity index (χ0v) is 6.88. The van der Waals surface area contributed by atoms with Crippen LogP contribution in [0.2, 0.25) is 0 Å². The Hall–Kier alpha value is -1.58. The van der Waals surface area contributed by atoms with Crippen molar-refractivity contribution in [3.63, 3.8) is 0 Å². The Kier molecular flexibility index (Phi) is 1.66. The molecule has 0 amide bonds. The van der Waals surface area contributed by atoms with Crippen molar-refractivity contribution in [3.8, 4) is 0 Å². The quantitative estimate of drug-likeness (QED) is 0.607. The Morgan fingerprint density at radius 2 is 2.00 bits per heavy atom. The van der Waals surface area contributed by atoms with Gasteiger partial charge in [0.2, 0.25) is 5.95 Å². The summed E-state index contributed by atoms with van der Waals surface area (Å²) in [5.41, 5.74) is 0. The van der Waals surface area contributed by atoms with Gasteiger partial charge in [-0.25, -0.2) is 9.97 Å². The molecule has 0 N–H and O–H groups in total. The summed E-state index contributed by atoms with van der Waals surface area (Å²) >= 11 is 0. The van der Waals surface area contributed by atoms with E-state index in [0.29, 0.717) is 0 Å². The summed E-state index contributed by atoms with van der Waals surface area (Å²) in [5.74, 6) is 0.748. The van der Waals surface area contributed by atoms with E-state index in [1.165, 1.54) is 0 Å². The van der Waals surface area contributed by atoms with Crippen LogP contribution in [0.5, 0.6) is 0 Å². The maximum absolute atomic E-state index is 4.13. The third-order valence-corrected chi connectivity index (χ3v) is 1.69. The van der Waals surface area contributed by atoms with Crippen LogP contribution in [0.4, 0.5) is 5.95 Å². The van der Waals surface area contributed by atoms with E-state index in [4.69, 9.17) is 0 Å². The Balaban J connectivity index is 2.18. The summed E-state index contributed by atoms with van der Waals surface area (Å²) in [7, 11) is 2.01. The minimum Gasteiger partial charge on any atom is -0.361 e. The summed E-state index contributed by atoms with van der Waals surface area (Å²) in [5, 5.41) is 0. The second-order valence-electron chi connectivity index (χ2n) is 2.72. The molecular formula is C8H10N4. The lowest BCUT2D eigenvalue weighted by atomic mass is 10.6. The second-order valence-corrected chi connectivity index (χ2v) is 2.72. The van der Waals surface area contributed by atoms with Crippen LogP contribution >= 0.6 is 0 Å². The largest absolute Gasteiger partial charge is 0.361 e. The molecule has 12 heavy (non-hydrogen) atoms. The first-order chi connectivity index (χ1) is 5.86. The predicted octanol–water partition coefficient (Wildman–Crippen LogP) is 0.657. The summed E-state index contributed by atoms with van der Waals surface area (Å²) in [6, 6.07) is 1.81. The zero-order valence-electron chi connectivity index (χ0n) is 6.88. The van der Waals surface area contributed by atoms with Gasteiger partial charge in [0.1, 0.15) is 0 Å². The van der Waals surface area contributed by atoms with Gasteiger partial charge in [-0.05, 0) is 6.07 Å². The van der Waals surface area contributed by atoms with E-state index >= 15 is 0 Å². The van der Waals surface area contributed by atoms with Crippen LogP contribution in [-0.4, -0.2) is 28.6 Å². The molecule has 2 rings (SSSR count). The van der Waals surface area contributed by atoms with Gasteiger partial charge in [-0.1, -0.05) is 0 Å². The SMILES string of the molecule is CN1C=CN(c2ncccn2)C1. The third-order valence-electron chi connectivity index (χ3n) is 1.69. The number of hydrogen-bond acceptors (Lipinski definition) is 4. The molecular weight excluding hydrogens is 152 g/mol.